The van der Waals surface area contributed by atoms with Crippen LogP contribution in [-0.4, -0.2) is 17.9 Å². The van der Waals surface area contributed by atoms with Crippen molar-refractivity contribution in [1.29, 1.82) is 0 Å². The molecule has 2 unspecified atom stereocenters. The van der Waals surface area contributed by atoms with Crippen molar-refractivity contribution in [2.24, 2.45) is 4.99 Å². The third-order valence-corrected chi connectivity index (χ3v) is 7.04. The van der Waals surface area contributed by atoms with Gasteiger partial charge in [-0.25, -0.2) is 9.79 Å². The summed E-state index contributed by atoms with van der Waals surface area (Å²) in [6.07, 6.45) is -0.708. The highest BCUT2D eigenvalue weighted by Gasteiger charge is 2.39. The van der Waals surface area contributed by atoms with Crippen molar-refractivity contribution in [3.05, 3.63) is 167 Å². The monoisotopic (exact) mass is 569 g/mol. The van der Waals surface area contributed by atoms with Crippen LogP contribution in [0.3, 0.4) is 0 Å². The van der Waals surface area contributed by atoms with Crippen LogP contribution >= 0.6 is 0 Å². The van der Waals surface area contributed by atoms with Crippen molar-refractivity contribution in [3.63, 3.8) is 0 Å². The third-order valence-electron chi connectivity index (χ3n) is 7.04. The van der Waals surface area contributed by atoms with Gasteiger partial charge in [-0.05, 0) is 46.5 Å². The molecular weight excluding hydrogens is 538 g/mol. The van der Waals surface area contributed by atoms with Crippen LogP contribution in [0.15, 0.2) is 145 Å². The standard InChI is InChI=1S/C37H31NO5/c39-37(42-26-29-17-9-3-10-18-29)34-35(43-36(38-34)30-19-11-4-12-20-30)31-21-22-32(40-24-27-13-5-1-6-14-27)33(23-31)41-25-28-15-7-2-8-16-28/h1-23,34-35H,24-26H2. The molecule has 43 heavy (non-hydrogen) atoms. The molecule has 1 aliphatic rings. The molecule has 0 bridgehead atoms. The Hall–Kier alpha value is -5.36. The molecule has 0 saturated carbocycles. The Morgan fingerprint density at radius 1 is 0.605 bits per heavy atom. The summed E-state index contributed by atoms with van der Waals surface area (Å²) < 4.78 is 24.6. The molecule has 6 nitrogen and oxygen atoms in total. The van der Waals surface area contributed by atoms with Gasteiger partial charge >= 0.3 is 5.97 Å². The number of ether oxygens (including phenoxy) is 4. The Labute approximate surface area is 251 Å². The van der Waals surface area contributed by atoms with E-state index in [9.17, 15) is 4.79 Å². The molecule has 1 heterocycles. The number of benzene rings is 5. The third kappa shape index (κ3) is 7.11. The van der Waals surface area contributed by atoms with Crippen LogP contribution in [0.4, 0.5) is 0 Å². The van der Waals surface area contributed by atoms with Gasteiger partial charge in [0.05, 0.1) is 0 Å². The fraction of sp³-hybridized carbons (Fsp3) is 0.135. The maximum Gasteiger partial charge on any atom is 0.335 e. The van der Waals surface area contributed by atoms with E-state index in [0.717, 1.165) is 27.8 Å². The van der Waals surface area contributed by atoms with E-state index in [4.69, 9.17) is 23.9 Å². The Morgan fingerprint density at radius 3 is 1.70 bits per heavy atom. The van der Waals surface area contributed by atoms with E-state index in [-0.39, 0.29) is 6.61 Å². The minimum Gasteiger partial charge on any atom is -0.485 e. The molecule has 0 fully saturated rings. The largest absolute Gasteiger partial charge is 0.485 e. The normalized spacial score (nSPS) is 15.7. The van der Waals surface area contributed by atoms with E-state index >= 15 is 0 Å². The van der Waals surface area contributed by atoms with E-state index in [1.54, 1.807) is 0 Å². The van der Waals surface area contributed by atoms with Crippen LogP contribution < -0.4 is 9.47 Å². The second-order valence-corrected chi connectivity index (χ2v) is 10.1. The van der Waals surface area contributed by atoms with Crippen LogP contribution in [-0.2, 0) is 34.1 Å². The number of hydrogen-bond donors (Lipinski definition) is 0. The highest BCUT2D eigenvalue weighted by atomic mass is 16.5. The van der Waals surface area contributed by atoms with Gasteiger partial charge in [0.15, 0.2) is 23.6 Å². The lowest BCUT2D eigenvalue weighted by Gasteiger charge is -2.20. The van der Waals surface area contributed by atoms with Gasteiger partial charge in [-0.3, -0.25) is 0 Å². The Morgan fingerprint density at radius 2 is 1.12 bits per heavy atom. The first kappa shape index (κ1) is 27.8. The van der Waals surface area contributed by atoms with Gasteiger partial charge in [-0.2, -0.15) is 0 Å². The van der Waals surface area contributed by atoms with Crippen molar-refractivity contribution in [1.82, 2.24) is 0 Å². The quantitative estimate of drug-likeness (QED) is 0.154. The van der Waals surface area contributed by atoms with E-state index in [0.29, 0.717) is 30.6 Å². The number of esters is 1. The highest BCUT2D eigenvalue weighted by Crippen LogP contribution is 2.38. The summed E-state index contributed by atoms with van der Waals surface area (Å²) >= 11 is 0. The van der Waals surface area contributed by atoms with Crippen LogP contribution in [0.5, 0.6) is 11.5 Å². The zero-order valence-electron chi connectivity index (χ0n) is 23.5. The summed E-state index contributed by atoms with van der Waals surface area (Å²) in [5.74, 6) is 1.07. The van der Waals surface area contributed by atoms with Crippen molar-refractivity contribution < 1.29 is 23.7 Å². The molecule has 214 valence electrons. The van der Waals surface area contributed by atoms with Crippen LogP contribution in [0.1, 0.15) is 33.9 Å². The van der Waals surface area contributed by atoms with E-state index in [1.165, 1.54) is 0 Å². The molecule has 5 aromatic rings. The van der Waals surface area contributed by atoms with Gasteiger partial charge in [0.1, 0.15) is 19.8 Å². The number of carbonyl (C=O) groups is 1. The van der Waals surface area contributed by atoms with Crippen molar-refractivity contribution in [2.75, 3.05) is 0 Å². The first-order valence-electron chi connectivity index (χ1n) is 14.2. The number of nitrogens with zero attached hydrogens (tertiary/aromatic N) is 1. The highest BCUT2D eigenvalue weighted by molar-refractivity contribution is 5.98. The van der Waals surface area contributed by atoms with Gasteiger partial charge in [0.25, 0.3) is 0 Å². The predicted octanol–water partition coefficient (Wildman–Crippen LogP) is 7.47. The molecule has 1 aliphatic heterocycles. The molecular formula is C37H31NO5. The van der Waals surface area contributed by atoms with Crippen molar-refractivity contribution >= 4 is 11.9 Å². The number of aliphatic imine (C=N–C) groups is 1. The molecule has 2 atom stereocenters. The number of rotatable bonds is 11. The summed E-state index contributed by atoms with van der Waals surface area (Å²) in [6, 6.07) is 43.7. The molecule has 6 heteroatoms. The second-order valence-electron chi connectivity index (χ2n) is 10.1. The molecule has 0 N–H and O–H groups in total. The lowest BCUT2D eigenvalue weighted by molar-refractivity contribution is -0.148. The minimum absolute atomic E-state index is 0.150. The molecule has 0 saturated heterocycles. The van der Waals surface area contributed by atoms with Gasteiger partial charge in [0.2, 0.25) is 5.90 Å². The molecule has 5 aromatic carbocycles. The zero-order chi connectivity index (χ0) is 29.3. The number of carbonyl (C=O) groups excluding carboxylic acids is 1. The van der Waals surface area contributed by atoms with E-state index in [1.807, 2.05) is 140 Å². The summed E-state index contributed by atoms with van der Waals surface area (Å²) in [7, 11) is 0. The van der Waals surface area contributed by atoms with Crippen molar-refractivity contribution in [2.45, 2.75) is 32.0 Å². The van der Waals surface area contributed by atoms with Gasteiger partial charge < -0.3 is 18.9 Å². The fourth-order valence-corrected chi connectivity index (χ4v) is 4.78. The summed E-state index contributed by atoms with van der Waals surface area (Å²) in [6.45, 7) is 0.889. The molecule has 0 amide bonds. The minimum atomic E-state index is -0.892. The lowest BCUT2D eigenvalue weighted by Crippen LogP contribution is -2.26. The van der Waals surface area contributed by atoms with Crippen LogP contribution in [0, 0.1) is 0 Å². The van der Waals surface area contributed by atoms with Gasteiger partial charge in [-0.15, -0.1) is 0 Å². The maximum absolute atomic E-state index is 13.4. The second kappa shape index (κ2) is 13.5. The fourth-order valence-electron chi connectivity index (χ4n) is 4.78. The molecule has 0 aliphatic carbocycles. The Kier molecular flexibility index (Phi) is 8.75. The van der Waals surface area contributed by atoms with Gasteiger partial charge in [0, 0.05) is 5.56 Å². The molecule has 0 radical (unpaired) electrons. The lowest BCUT2D eigenvalue weighted by atomic mass is 10.0. The van der Waals surface area contributed by atoms with E-state index < -0.39 is 18.1 Å². The van der Waals surface area contributed by atoms with Crippen molar-refractivity contribution in [3.8, 4) is 11.5 Å². The van der Waals surface area contributed by atoms with Crippen LogP contribution in [0.25, 0.3) is 0 Å². The summed E-state index contributed by atoms with van der Waals surface area (Å²) in [5.41, 5.74) is 4.48. The first-order chi connectivity index (χ1) is 21.2. The smallest absolute Gasteiger partial charge is 0.335 e. The molecule has 6 rings (SSSR count). The Bertz CT molecular complexity index is 1660. The number of hydrogen-bond acceptors (Lipinski definition) is 6. The predicted molar refractivity (Wildman–Crippen MR) is 165 cm³/mol. The average Bonchev–Trinajstić information content (AvgIpc) is 3.53. The maximum atomic E-state index is 13.4. The summed E-state index contributed by atoms with van der Waals surface area (Å²) in [4.78, 5) is 18.1. The summed E-state index contributed by atoms with van der Waals surface area (Å²) in [5, 5.41) is 0. The first-order valence-corrected chi connectivity index (χ1v) is 14.2. The zero-order valence-corrected chi connectivity index (χ0v) is 23.5. The average molecular weight is 570 g/mol. The van der Waals surface area contributed by atoms with Crippen LogP contribution in [0.2, 0.25) is 0 Å². The Balaban J connectivity index is 1.28. The SMILES string of the molecule is O=C(OCc1ccccc1)C1N=C(c2ccccc2)OC1c1ccc(OCc2ccccc2)c(OCc2ccccc2)c1. The van der Waals surface area contributed by atoms with E-state index in [2.05, 4.69) is 0 Å². The topological polar surface area (TPSA) is 66.4 Å². The molecule has 0 aromatic heterocycles. The van der Waals surface area contributed by atoms with Gasteiger partial charge in [-0.1, -0.05) is 115 Å². The molecule has 0 spiro atoms.